The fourth-order valence-electron chi connectivity index (χ4n) is 4.21. The number of hydrogen-bond donors (Lipinski definition) is 1. The zero-order valence-corrected chi connectivity index (χ0v) is 15.5. The fraction of sp³-hybridized carbons (Fsp3) is 0.400. The van der Waals surface area contributed by atoms with Gasteiger partial charge in [0.2, 0.25) is 0 Å². The molecular formula is C20H22N2O3S. The Morgan fingerprint density at radius 1 is 1.12 bits per heavy atom. The average molecular weight is 370 g/mol. The van der Waals surface area contributed by atoms with Crippen LogP contribution in [0.3, 0.4) is 0 Å². The van der Waals surface area contributed by atoms with Gasteiger partial charge in [0, 0.05) is 43.1 Å². The van der Waals surface area contributed by atoms with Crippen LogP contribution in [0.2, 0.25) is 0 Å². The maximum Gasteiger partial charge on any atom is 0.264 e. The predicted molar refractivity (Wildman–Crippen MR) is 100 cm³/mol. The summed E-state index contributed by atoms with van der Waals surface area (Å²) in [7, 11) is 0. The standard InChI is InChI=1S/C20H22N2O3S/c1-14-7-8-26-17(14)19(25)22-10-16-9-21(11-20(16,12-22)13-23)18(24)15-5-3-2-4-6-15/h2-8,16,23H,9-13H2,1H3/t16-,20+/m1/s1. The molecule has 0 bridgehead atoms. The topological polar surface area (TPSA) is 60.9 Å². The quantitative estimate of drug-likeness (QED) is 0.902. The summed E-state index contributed by atoms with van der Waals surface area (Å²) >= 11 is 1.46. The second kappa shape index (κ2) is 6.52. The Morgan fingerprint density at radius 2 is 1.77 bits per heavy atom. The number of aliphatic hydroxyl groups excluding tert-OH is 1. The highest BCUT2D eigenvalue weighted by Gasteiger charge is 2.54. The van der Waals surface area contributed by atoms with Gasteiger partial charge in [0.25, 0.3) is 11.8 Å². The van der Waals surface area contributed by atoms with Crippen molar-refractivity contribution in [3.8, 4) is 0 Å². The number of thiophene rings is 1. The maximum absolute atomic E-state index is 12.8. The van der Waals surface area contributed by atoms with Crippen molar-refractivity contribution in [1.29, 1.82) is 0 Å². The minimum absolute atomic E-state index is 0.000183. The highest BCUT2D eigenvalue weighted by Crippen LogP contribution is 2.43. The number of fused-ring (bicyclic) bond motifs is 1. The van der Waals surface area contributed by atoms with Crippen LogP contribution in [0.15, 0.2) is 41.8 Å². The third kappa shape index (κ3) is 2.73. The molecule has 0 spiro atoms. The first-order chi connectivity index (χ1) is 12.5. The van der Waals surface area contributed by atoms with Crippen molar-refractivity contribution in [2.45, 2.75) is 6.92 Å². The molecule has 26 heavy (non-hydrogen) atoms. The molecule has 2 saturated heterocycles. The molecule has 2 amide bonds. The first-order valence-electron chi connectivity index (χ1n) is 8.82. The van der Waals surface area contributed by atoms with E-state index in [-0.39, 0.29) is 24.3 Å². The number of amides is 2. The van der Waals surface area contributed by atoms with E-state index in [1.54, 1.807) is 0 Å². The lowest BCUT2D eigenvalue weighted by Gasteiger charge is -2.27. The Hall–Kier alpha value is -2.18. The molecule has 1 aromatic carbocycles. The first kappa shape index (κ1) is 17.2. The molecule has 1 N–H and O–H groups in total. The molecule has 2 aliphatic rings. The Kier molecular flexibility index (Phi) is 4.32. The van der Waals surface area contributed by atoms with Crippen LogP contribution in [-0.2, 0) is 0 Å². The van der Waals surface area contributed by atoms with E-state index in [0.717, 1.165) is 10.4 Å². The molecule has 5 nitrogen and oxygen atoms in total. The molecule has 136 valence electrons. The SMILES string of the molecule is Cc1ccsc1C(=O)N1C[C@H]2CN(C(=O)c3ccccc3)C[C@@]2(CO)C1. The van der Waals surface area contributed by atoms with Crippen molar-refractivity contribution < 1.29 is 14.7 Å². The maximum atomic E-state index is 12.8. The highest BCUT2D eigenvalue weighted by atomic mass is 32.1. The van der Waals surface area contributed by atoms with Crippen LogP contribution in [0.5, 0.6) is 0 Å². The van der Waals surface area contributed by atoms with E-state index in [1.165, 1.54) is 11.3 Å². The van der Waals surface area contributed by atoms with E-state index in [4.69, 9.17) is 0 Å². The van der Waals surface area contributed by atoms with Gasteiger partial charge in [-0.2, -0.15) is 0 Å². The minimum atomic E-state index is -0.411. The Labute approximate surface area is 156 Å². The van der Waals surface area contributed by atoms with E-state index in [1.807, 2.05) is 58.5 Å². The summed E-state index contributed by atoms with van der Waals surface area (Å²) in [6.45, 7) is 4.11. The number of aliphatic hydroxyl groups is 1. The van der Waals surface area contributed by atoms with Gasteiger partial charge in [0.15, 0.2) is 0 Å². The van der Waals surface area contributed by atoms with Gasteiger partial charge in [-0.3, -0.25) is 9.59 Å². The van der Waals surface area contributed by atoms with Crippen LogP contribution in [0.25, 0.3) is 0 Å². The lowest BCUT2D eigenvalue weighted by Crippen LogP contribution is -2.40. The number of carbonyl (C=O) groups excluding carboxylic acids is 2. The number of likely N-dealkylation sites (tertiary alicyclic amines) is 2. The van der Waals surface area contributed by atoms with E-state index >= 15 is 0 Å². The van der Waals surface area contributed by atoms with Crippen molar-refractivity contribution in [1.82, 2.24) is 9.80 Å². The Morgan fingerprint density at radius 3 is 2.31 bits per heavy atom. The van der Waals surface area contributed by atoms with Gasteiger partial charge in [-0.25, -0.2) is 0 Å². The van der Waals surface area contributed by atoms with Crippen molar-refractivity contribution in [3.63, 3.8) is 0 Å². The summed E-state index contributed by atoms with van der Waals surface area (Å²) in [5, 5.41) is 12.0. The fourth-order valence-corrected chi connectivity index (χ4v) is 5.10. The average Bonchev–Trinajstić information content (AvgIpc) is 3.33. The molecule has 0 unspecified atom stereocenters. The molecule has 0 aliphatic carbocycles. The number of hydrogen-bond acceptors (Lipinski definition) is 4. The largest absolute Gasteiger partial charge is 0.396 e. The molecule has 2 fully saturated rings. The second-order valence-electron chi connectivity index (χ2n) is 7.39. The van der Waals surface area contributed by atoms with Gasteiger partial charge < -0.3 is 14.9 Å². The number of benzene rings is 1. The summed E-state index contributed by atoms with van der Waals surface area (Å²) < 4.78 is 0. The summed E-state index contributed by atoms with van der Waals surface area (Å²) in [6, 6.07) is 11.2. The summed E-state index contributed by atoms with van der Waals surface area (Å²) in [4.78, 5) is 30.0. The van der Waals surface area contributed by atoms with Gasteiger partial charge in [0.1, 0.15) is 0 Å². The Bertz CT molecular complexity index is 835. The van der Waals surface area contributed by atoms with Crippen LogP contribution < -0.4 is 0 Å². The van der Waals surface area contributed by atoms with Crippen molar-refractivity contribution >= 4 is 23.2 Å². The number of aryl methyl sites for hydroxylation is 1. The third-order valence-electron chi connectivity index (χ3n) is 5.73. The smallest absolute Gasteiger partial charge is 0.264 e. The van der Waals surface area contributed by atoms with Gasteiger partial charge in [-0.1, -0.05) is 18.2 Å². The van der Waals surface area contributed by atoms with Gasteiger partial charge in [-0.05, 0) is 36.1 Å². The normalized spacial score (nSPS) is 24.8. The molecule has 2 aromatic rings. The number of carbonyl (C=O) groups is 2. The zero-order valence-electron chi connectivity index (χ0n) is 14.7. The van der Waals surface area contributed by atoms with Crippen molar-refractivity contribution in [2.75, 3.05) is 32.8 Å². The minimum Gasteiger partial charge on any atom is -0.396 e. The van der Waals surface area contributed by atoms with Gasteiger partial charge in [-0.15, -0.1) is 11.3 Å². The monoisotopic (exact) mass is 370 g/mol. The predicted octanol–water partition coefficient (Wildman–Crippen LogP) is 2.26. The molecule has 2 aliphatic heterocycles. The zero-order chi connectivity index (χ0) is 18.3. The number of rotatable bonds is 3. The summed E-state index contributed by atoms with van der Waals surface area (Å²) in [6.07, 6.45) is 0. The Balaban J connectivity index is 1.51. The van der Waals surface area contributed by atoms with E-state index in [2.05, 4.69) is 0 Å². The highest BCUT2D eigenvalue weighted by molar-refractivity contribution is 7.12. The van der Waals surface area contributed by atoms with E-state index < -0.39 is 5.41 Å². The molecule has 0 saturated carbocycles. The molecular weight excluding hydrogens is 348 g/mol. The van der Waals surface area contributed by atoms with Crippen molar-refractivity contribution in [2.24, 2.45) is 11.3 Å². The van der Waals surface area contributed by atoms with Crippen LogP contribution in [0, 0.1) is 18.3 Å². The molecule has 0 radical (unpaired) electrons. The van der Waals surface area contributed by atoms with Crippen LogP contribution in [-0.4, -0.2) is 59.5 Å². The molecule has 3 heterocycles. The molecule has 6 heteroatoms. The van der Waals surface area contributed by atoms with Crippen LogP contribution in [0.4, 0.5) is 0 Å². The van der Waals surface area contributed by atoms with Crippen LogP contribution in [0.1, 0.15) is 25.6 Å². The van der Waals surface area contributed by atoms with E-state index in [0.29, 0.717) is 31.7 Å². The molecule has 2 atom stereocenters. The lowest BCUT2D eigenvalue weighted by molar-refractivity contribution is 0.0669. The van der Waals surface area contributed by atoms with Crippen molar-refractivity contribution in [3.05, 3.63) is 57.8 Å². The van der Waals surface area contributed by atoms with Gasteiger partial charge >= 0.3 is 0 Å². The molecule has 4 rings (SSSR count). The number of nitrogens with zero attached hydrogens (tertiary/aromatic N) is 2. The molecule has 1 aromatic heterocycles. The summed E-state index contributed by atoms with van der Waals surface area (Å²) in [5.74, 6) is 0.157. The lowest BCUT2D eigenvalue weighted by atomic mass is 9.82. The van der Waals surface area contributed by atoms with Crippen LogP contribution >= 0.6 is 11.3 Å². The summed E-state index contributed by atoms with van der Waals surface area (Å²) in [5.41, 5.74) is 1.25. The second-order valence-corrected chi connectivity index (χ2v) is 8.30. The van der Waals surface area contributed by atoms with E-state index in [9.17, 15) is 14.7 Å². The van der Waals surface area contributed by atoms with Gasteiger partial charge in [0.05, 0.1) is 11.5 Å². The first-order valence-corrected chi connectivity index (χ1v) is 9.70. The third-order valence-corrected chi connectivity index (χ3v) is 6.73.